The minimum Gasteiger partial charge on any atom is -0.482 e. The number of hydrogen-bond acceptors (Lipinski definition) is 5. The Morgan fingerprint density at radius 2 is 1.80 bits per heavy atom. The van der Waals surface area contributed by atoms with Gasteiger partial charge < -0.3 is 14.8 Å². The topological polar surface area (TPSA) is 64.6 Å². The maximum Gasteiger partial charge on any atom is 0.341 e. The van der Waals surface area contributed by atoms with E-state index in [0.29, 0.717) is 21.3 Å². The number of para-hydroxylation sites is 1. The summed E-state index contributed by atoms with van der Waals surface area (Å²) in [5, 5.41) is 3.63. The number of ether oxygens (including phenoxy) is 2. The van der Waals surface area contributed by atoms with Crippen molar-refractivity contribution in [2.75, 3.05) is 19.0 Å². The second-order valence-corrected chi connectivity index (χ2v) is 8.18. The lowest BCUT2D eigenvalue weighted by Gasteiger charge is -2.10. The van der Waals surface area contributed by atoms with Crippen molar-refractivity contribution in [3.05, 3.63) is 69.6 Å². The molecule has 0 radical (unpaired) electrons. The molecule has 0 saturated heterocycles. The molecular weight excluding hydrogens is 422 g/mol. The highest BCUT2D eigenvalue weighted by atomic mass is 35.5. The van der Waals surface area contributed by atoms with E-state index in [1.807, 2.05) is 31.2 Å². The normalized spacial score (nSPS) is 10.5. The maximum atomic E-state index is 12.6. The van der Waals surface area contributed by atoms with E-state index >= 15 is 0 Å². The summed E-state index contributed by atoms with van der Waals surface area (Å²) >= 11 is 7.38. The third-order valence-corrected chi connectivity index (χ3v) is 5.91. The standard InChI is InChI=1S/C23H22ClNO4S/c1-4-15-9-11-16(12-10-15)20-14(2)30-22(21(20)23(27)28-3)25-19(26)13-29-18-8-6-5-7-17(18)24/h5-12H,4,13H2,1-3H3,(H,25,26). The Morgan fingerprint density at radius 1 is 1.10 bits per heavy atom. The number of methoxy groups -OCH3 is 1. The molecule has 1 heterocycles. The van der Waals surface area contributed by atoms with E-state index in [9.17, 15) is 9.59 Å². The van der Waals surface area contributed by atoms with Gasteiger partial charge in [-0.15, -0.1) is 11.3 Å². The summed E-state index contributed by atoms with van der Waals surface area (Å²) in [5.74, 6) is -0.480. The van der Waals surface area contributed by atoms with Crippen molar-refractivity contribution in [2.24, 2.45) is 0 Å². The van der Waals surface area contributed by atoms with Crippen molar-refractivity contribution in [2.45, 2.75) is 20.3 Å². The molecule has 0 atom stereocenters. The molecule has 0 bridgehead atoms. The van der Waals surface area contributed by atoms with Crippen LogP contribution in [0.25, 0.3) is 11.1 Å². The first kappa shape index (κ1) is 21.9. The molecule has 1 N–H and O–H groups in total. The van der Waals surface area contributed by atoms with E-state index in [2.05, 4.69) is 12.2 Å². The number of nitrogens with one attached hydrogen (secondary N) is 1. The molecule has 3 rings (SSSR count). The molecule has 1 aromatic heterocycles. The van der Waals surface area contributed by atoms with Crippen molar-refractivity contribution in [1.82, 2.24) is 0 Å². The summed E-state index contributed by atoms with van der Waals surface area (Å²) < 4.78 is 10.5. The molecule has 0 spiro atoms. The van der Waals surface area contributed by atoms with Gasteiger partial charge in [0.1, 0.15) is 16.3 Å². The first-order valence-electron chi connectivity index (χ1n) is 9.42. The van der Waals surface area contributed by atoms with E-state index in [0.717, 1.165) is 22.4 Å². The molecule has 3 aromatic rings. The van der Waals surface area contributed by atoms with Crippen LogP contribution in [0.15, 0.2) is 48.5 Å². The number of rotatable bonds is 7. The highest BCUT2D eigenvalue weighted by Gasteiger charge is 2.25. The zero-order valence-electron chi connectivity index (χ0n) is 17.0. The molecule has 2 aromatic carbocycles. The Kier molecular flexibility index (Phi) is 7.13. The van der Waals surface area contributed by atoms with Crippen molar-refractivity contribution in [3.63, 3.8) is 0 Å². The number of carbonyl (C=O) groups excluding carboxylic acids is 2. The number of hydrogen-bond donors (Lipinski definition) is 1. The third kappa shape index (κ3) is 4.83. The molecule has 0 aliphatic heterocycles. The van der Waals surface area contributed by atoms with Crippen molar-refractivity contribution in [1.29, 1.82) is 0 Å². The molecule has 0 unspecified atom stereocenters. The van der Waals surface area contributed by atoms with Crippen LogP contribution in [0.2, 0.25) is 5.02 Å². The first-order valence-corrected chi connectivity index (χ1v) is 10.6. The van der Waals surface area contributed by atoms with Gasteiger partial charge in [0.05, 0.1) is 12.1 Å². The lowest BCUT2D eigenvalue weighted by Crippen LogP contribution is -2.21. The second kappa shape index (κ2) is 9.78. The first-order chi connectivity index (χ1) is 14.4. The van der Waals surface area contributed by atoms with E-state index in [1.165, 1.54) is 24.0 Å². The molecule has 0 saturated carbocycles. The van der Waals surface area contributed by atoms with Gasteiger partial charge in [-0.3, -0.25) is 4.79 Å². The molecule has 0 aliphatic carbocycles. The van der Waals surface area contributed by atoms with Gasteiger partial charge in [-0.2, -0.15) is 0 Å². The number of carbonyl (C=O) groups is 2. The van der Waals surface area contributed by atoms with Gasteiger partial charge in [-0.25, -0.2) is 4.79 Å². The van der Waals surface area contributed by atoms with Gasteiger partial charge in [0.2, 0.25) is 0 Å². The van der Waals surface area contributed by atoms with Crippen LogP contribution in [-0.2, 0) is 16.0 Å². The summed E-state index contributed by atoms with van der Waals surface area (Å²) in [6, 6.07) is 14.9. The van der Waals surface area contributed by atoms with Crippen LogP contribution in [0, 0.1) is 6.92 Å². The number of esters is 1. The Balaban J connectivity index is 1.86. The van der Waals surface area contributed by atoms with Crippen molar-refractivity contribution < 1.29 is 19.1 Å². The molecule has 0 fully saturated rings. The summed E-state index contributed by atoms with van der Waals surface area (Å²) in [4.78, 5) is 25.9. The Bertz CT molecular complexity index is 1060. The Labute approximate surface area is 184 Å². The van der Waals surface area contributed by atoms with Crippen LogP contribution in [0.4, 0.5) is 5.00 Å². The van der Waals surface area contributed by atoms with Gasteiger partial charge in [0.25, 0.3) is 5.91 Å². The number of anilines is 1. The molecular formula is C23H22ClNO4S. The van der Waals surface area contributed by atoms with Crippen LogP contribution in [0.1, 0.15) is 27.7 Å². The Morgan fingerprint density at radius 3 is 2.43 bits per heavy atom. The van der Waals surface area contributed by atoms with Gasteiger partial charge >= 0.3 is 5.97 Å². The average Bonchev–Trinajstić information content (AvgIpc) is 3.08. The fourth-order valence-electron chi connectivity index (χ4n) is 3.05. The van der Waals surface area contributed by atoms with Crippen LogP contribution in [0.5, 0.6) is 5.75 Å². The predicted octanol–water partition coefficient (Wildman–Crippen LogP) is 5.74. The molecule has 0 aliphatic rings. The van der Waals surface area contributed by atoms with E-state index < -0.39 is 11.9 Å². The molecule has 1 amide bonds. The van der Waals surface area contributed by atoms with E-state index in [4.69, 9.17) is 21.1 Å². The quantitative estimate of drug-likeness (QED) is 0.472. The van der Waals surface area contributed by atoms with Crippen LogP contribution >= 0.6 is 22.9 Å². The molecule has 5 nitrogen and oxygen atoms in total. The number of aryl methyl sites for hydroxylation is 2. The van der Waals surface area contributed by atoms with Gasteiger partial charge in [-0.1, -0.05) is 54.9 Å². The zero-order chi connectivity index (χ0) is 21.7. The second-order valence-electron chi connectivity index (χ2n) is 6.55. The predicted molar refractivity (Wildman–Crippen MR) is 121 cm³/mol. The monoisotopic (exact) mass is 443 g/mol. The van der Waals surface area contributed by atoms with Crippen LogP contribution in [-0.4, -0.2) is 25.6 Å². The van der Waals surface area contributed by atoms with Crippen LogP contribution in [0.3, 0.4) is 0 Å². The number of halogens is 1. The lowest BCUT2D eigenvalue weighted by molar-refractivity contribution is -0.118. The third-order valence-electron chi connectivity index (χ3n) is 4.57. The van der Waals surface area contributed by atoms with Crippen molar-refractivity contribution in [3.8, 4) is 16.9 Å². The SMILES string of the molecule is CCc1ccc(-c2c(C)sc(NC(=O)COc3ccccc3Cl)c2C(=O)OC)cc1. The van der Waals surface area contributed by atoms with Gasteiger partial charge in [0, 0.05) is 10.4 Å². The number of benzene rings is 2. The summed E-state index contributed by atoms with van der Waals surface area (Å²) in [6.07, 6.45) is 0.930. The molecule has 156 valence electrons. The minimum atomic E-state index is -0.503. The lowest BCUT2D eigenvalue weighted by atomic mass is 9.99. The van der Waals surface area contributed by atoms with E-state index in [-0.39, 0.29) is 6.61 Å². The maximum absolute atomic E-state index is 12.6. The summed E-state index contributed by atoms with van der Waals surface area (Å²) in [6.45, 7) is 3.76. The summed E-state index contributed by atoms with van der Waals surface area (Å²) in [7, 11) is 1.32. The average molecular weight is 444 g/mol. The fourth-order valence-corrected chi connectivity index (χ4v) is 4.32. The number of thiophene rings is 1. The van der Waals surface area contributed by atoms with Crippen molar-refractivity contribution >= 4 is 39.8 Å². The Hall–Kier alpha value is -2.83. The molecule has 7 heteroatoms. The largest absolute Gasteiger partial charge is 0.482 e. The highest BCUT2D eigenvalue weighted by Crippen LogP contribution is 2.40. The number of amides is 1. The fraction of sp³-hybridized carbons (Fsp3) is 0.217. The minimum absolute atomic E-state index is 0.234. The highest BCUT2D eigenvalue weighted by molar-refractivity contribution is 7.17. The zero-order valence-corrected chi connectivity index (χ0v) is 18.5. The summed E-state index contributed by atoms with van der Waals surface area (Å²) in [5.41, 5.74) is 3.21. The van der Waals surface area contributed by atoms with Gasteiger partial charge in [-0.05, 0) is 36.6 Å². The van der Waals surface area contributed by atoms with Crippen LogP contribution < -0.4 is 10.1 Å². The molecule has 30 heavy (non-hydrogen) atoms. The van der Waals surface area contributed by atoms with Gasteiger partial charge in [0.15, 0.2) is 6.61 Å². The van der Waals surface area contributed by atoms with E-state index in [1.54, 1.807) is 24.3 Å². The smallest absolute Gasteiger partial charge is 0.341 e.